The molecule has 1 amide bonds. The number of nitro benzene ring substituents is 1. The van der Waals surface area contributed by atoms with Gasteiger partial charge in [0.2, 0.25) is 6.79 Å². The normalized spacial score (nSPS) is 21.7. The Bertz CT molecular complexity index is 1090. The first-order valence-corrected chi connectivity index (χ1v) is 11.4. The van der Waals surface area contributed by atoms with Crippen LogP contribution < -0.4 is 20.1 Å². The van der Waals surface area contributed by atoms with Crippen molar-refractivity contribution in [2.24, 2.45) is 11.3 Å². The number of nitrogens with zero attached hydrogens (tertiary/aromatic N) is 1. The van der Waals surface area contributed by atoms with Crippen molar-refractivity contribution in [3.05, 3.63) is 43.8 Å². The number of carbonyl (C=O) groups is 1. The maximum atomic E-state index is 13.1. The average molecular weight is 444 g/mol. The standard InChI is InChI=1S/C22H25N3O5S/c1-4-22(2,3)11-5-6-12-17(7-11)31-21-18(12)20(26)23-19(24-21)13-8-15-16(30-10-29-15)9-14(13)25(27)28/h8-9,11,19,24H,4-7,10H2,1-3H3,(H,23,26)/t11-,19+/m0/s1. The van der Waals surface area contributed by atoms with Crippen LogP contribution in [0, 0.1) is 21.4 Å². The van der Waals surface area contributed by atoms with Crippen LogP contribution in [0.2, 0.25) is 0 Å². The molecule has 0 spiro atoms. The van der Waals surface area contributed by atoms with Crippen LogP contribution in [0.4, 0.5) is 10.7 Å². The lowest BCUT2D eigenvalue weighted by molar-refractivity contribution is -0.385. The molecule has 0 bridgehead atoms. The summed E-state index contributed by atoms with van der Waals surface area (Å²) in [7, 11) is 0. The lowest BCUT2D eigenvalue weighted by Crippen LogP contribution is -2.38. The number of thiophene rings is 1. The number of benzene rings is 1. The van der Waals surface area contributed by atoms with Gasteiger partial charge in [-0.3, -0.25) is 14.9 Å². The number of hydrogen-bond donors (Lipinski definition) is 2. The van der Waals surface area contributed by atoms with Crippen molar-refractivity contribution in [3.63, 3.8) is 0 Å². The second-order valence-corrected chi connectivity index (χ2v) is 10.2. The fraction of sp³-hybridized carbons (Fsp3) is 0.500. The van der Waals surface area contributed by atoms with Gasteiger partial charge in [0, 0.05) is 4.88 Å². The topological polar surface area (TPSA) is 103 Å². The number of nitro groups is 1. The second kappa shape index (κ2) is 7.12. The van der Waals surface area contributed by atoms with E-state index in [0.29, 0.717) is 28.5 Å². The van der Waals surface area contributed by atoms with E-state index in [1.165, 1.54) is 10.9 Å². The lowest BCUT2D eigenvalue weighted by atomic mass is 9.69. The highest BCUT2D eigenvalue weighted by Gasteiger charge is 2.39. The van der Waals surface area contributed by atoms with E-state index in [9.17, 15) is 14.9 Å². The molecule has 3 aliphatic rings. The van der Waals surface area contributed by atoms with Crippen molar-refractivity contribution >= 4 is 27.9 Å². The molecule has 2 N–H and O–H groups in total. The zero-order valence-corrected chi connectivity index (χ0v) is 18.6. The lowest BCUT2D eigenvalue weighted by Gasteiger charge is -2.36. The smallest absolute Gasteiger partial charge is 0.280 e. The Balaban J connectivity index is 1.49. The molecular formula is C22H25N3O5S. The van der Waals surface area contributed by atoms with Crippen LogP contribution in [-0.4, -0.2) is 17.6 Å². The Morgan fingerprint density at radius 1 is 1.26 bits per heavy atom. The molecule has 0 saturated carbocycles. The van der Waals surface area contributed by atoms with Gasteiger partial charge in [0.25, 0.3) is 11.6 Å². The van der Waals surface area contributed by atoms with E-state index < -0.39 is 11.1 Å². The number of ether oxygens (including phenoxy) is 2. The molecule has 8 nitrogen and oxygen atoms in total. The van der Waals surface area contributed by atoms with Crippen molar-refractivity contribution in [3.8, 4) is 11.5 Å². The van der Waals surface area contributed by atoms with Crippen LogP contribution in [0.3, 0.4) is 0 Å². The third-order valence-electron chi connectivity index (χ3n) is 7.09. The van der Waals surface area contributed by atoms with Gasteiger partial charge in [0.05, 0.1) is 22.1 Å². The third-order valence-corrected chi connectivity index (χ3v) is 8.27. The Morgan fingerprint density at radius 2 is 2.00 bits per heavy atom. The minimum Gasteiger partial charge on any atom is -0.454 e. The maximum absolute atomic E-state index is 13.1. The van der Waals surface area contributed by atoms with Gasteiger partial charge in [-0.25, -0.2) is 0 Å². The fourth-order valence-corrected chi connectivity index (χ4v) is 6.10. The maximum Gasteiger partial charge on any atom is 0.280 e. The zero-order chi connectivity index (χ0) is 21.9. The molecule has 3 heterocycles. The summed E-state index contributed by atoms with van der Waals surface area (Å²) < 4.78 is 10.7. The summed E-state index contributed by atoms with van der Waals surface area (Å²) in [4.78, 5) is 25.6. The summed E-state index contributed by atoms with van der Waals surface area (Å²) in [5.74, 6) is 1.18. The van der Waals surface area contributed by atoms with Gasteiger partial charge in [0.1, 0.15) is 11.2 Å². The van der Waals surface area contributed by atoms with Crippen molar-refractivity contribution < 1.29 is 19.2 Å². The summed E-state index contributed by atoms with van der Waals surface area (Å²) in [5, 5.41) is 18.7. The predicted molar refractivity (Wildman–Crippen MR) is 117 cm³/mol. The summed E-state index contributed by atoms with van der Waals surface area (Å²) in [6.07, 6.45) is 3.34. The number of carbonyl (C=O) groups excluding carboxylic acids is 1. The van der Waals surface area contributed by atoms with Crippen LogP contribution in [-0.2, 0) is 12.8 Å². The van der Waals surface area contributed by atoms with E-state index in [2.05, 4.69) is 31.4 Å². The Hall–Kier alpha value is -2.81. The summed E-state index contributed by atoms with van der Waals surface area (Å²) in [5.41, 5.74) is 2.33. The zero-order valence-electron chi connectivity index (χ0n) is 17.7. The Morgan fingerprint density at radius 3 is 2.71 bits per heavy atom. The van der Waals surface area contributed by atoms with Gasteiger partial charge < -0.3 is 20.1 Å². The molecule has 1 aliphatic carbocycles. The molecule has 31 heavy (non-hydrogen) atoms. The van der Waals surface area contributed by atoms with E-state index in [-0.39, 0.29) is 23.8 Å². The van der Waals surface area contributed by atoms with Gasteiger partial charge in [-0.1, -0.05) is 27.2 Å². The predicted octanol–water partition coefficient (Wildman–Crippen LogP) is 4.78. The number of fused-ring (bicyclic) bond motifs is 4. The molecule has 2 aromatic rings. The molecule has 0 radical (unpaired) electrons. The van der Waals surface area contributed by atoms with Crippen LogP contribution >= 0.6 is 11.3 Å². The van der Waals surface area contributed by atoms with Crippen LogP contribution in [0.15, 0.2) is 12.1 Å². The van der Waals surface area contributed by atoms with E-state index in [0.717, 1.165) is 36.2 Å². The summed E-state index contributed by atoms with van der Waals surface area (Å²) >= 11 is 1.61. The van der Waals surface area contributed by atoms with E-state index >= 15 is 0 Å². The van der Waals surface area contributed by atoms with Crippen LogP contribution in [0.5, 0.6) is 11.5 Å². The largest absolute Gasteiger partial charge is 0.454 e. The molecule has 0 fully saturated rings. The minimum absolute atomic E-state index is 0.0253. The minimum atomic E-state index is -0.710. The van der Waals surface area contributed by atoms with Gasteiger partial charge in [-0.05, 0) is 42.2 Å². The highest BCUT2D eigenvalue weighted by Crippen LogP contribution is 2.48. The molecule has 2 aliphatic heterocycles. The molecular weight excluding hydrogens is 418 g/mol. The SMILES string of the molecule is CCC(C)(C)[C@H]1CCc2c(sc3c2C(=O)N[C@@H](c2cc4c(cc2[N+](=O)[O-])OCO4)N3)C1. The monoisotopic (exact) mass is 443 g/mol. The molecule has 1 aromatic heterocycles. The molecule has 5 rings (SSSR count). The number of amides is 1. The Labute approximate surface area is 184 Å². The van der Waals surface area contributed by atoms with Crippen LogP contribution in [0.25, 0.3) is 0 Å². The first-order chi connectivity index (χ1) is 14.8. The highest BCUT2D eigenvalue weighted by molar-refractivity contribution is 7.16. The highest BCUT2D eigenvalue weighted by atomic mass is 32.1. The molecule has 0 saturated heterocycles. The first kappa shape index (κ1) is 20.1. The molecule has 0 unspecified atom stereocenters. The van der Waals surface area contributed by atoms with Gasteiger partial charge in [-0.15, -0.1) is 11.3 Å². The van der Waals surface area contributed by atoms with Crippen molar-refractivity contribution in [1.29, 1.82) is 0 Å². The Kier molecular flexibility index (Phi) is 4.62. The quantitative estimate of drug-likeness (QED) is 0.521. The number of nitrogens with one attached hydrogen (secondary N) is 2. The summed E-state index contributed by atoms with van der Waals surface area (Å²) in [6.45, 7) is 6.89. The molecule has 1 aromatic carbocycles. The second-order valence-electron chi connectivity index (χ2n) is 9.06. The van der Waals surface area contributed by atoms with Crippen LogP contribution in [0.1, 0.15) is 66.1 Å². The van der Waals surface area contributed by atoms with Crippen molar-refractivity contribution in [1.82, 2.24) is 5.32 Å². The number of hydrogen-bond acceptors (Lipinski definition) is 7. The number of rotatable bonds is 4. The van der Waals surface area contributed by atoms with E-state index in [4.69, 9.17) is 9.47 Å². The molecule has 9 heteroatoms. The summed E-state index contributed by atoms with van der Waals surface area (Å²) in [6, 6.07) is 2.94. The average Bonchev–Trinajstić information content (AvgIpc) is 3.35. The van der Waals surface area contributed by atoms with Crippen molar-refractivity contribution in [2.45, 2.75) is 52.6 Å². The van der Waals surface area contributed by atoms with E-state index in [1.54, 1.807) is 17.4 Å². The van der Waals surface area contributed by atoms with Gasteiger partial charge in [-0.2, -0.15) is 0 Å². The molecule has 2 atom stereocenters. The van der Waals surface area contributed by atoms with Gasteiger partial charge in [0.15, 0.2) is 11.5 Å². The number of anilines is 1. The van der Waals surface area contributed by atoms with E-state index in [1.807, 2.05) is 0 Å². The van der Waals surface area contributed by atoms with Crippen molar-refractivity contribution in [2.75, 3.05) is 12.1 Å². The third kappa shape index (κ3) is 3.22. The molecule has 164 valence electrons. The first-order valence-electron chi connectivity index (χ1n) is 10.6. The fourth-order valence-electron chi connectivity index (χ4n) is 4.75. The van der Waals surface area contributed by atoms with Gasteiger partial charge >= 0.3 is 0 Å².